The molecule has 4 heteroatoms. The normalized spacial score (nSPS) is 11.1. The van der Waals surface area contributed by atoms with E-state index in [2.05, 4.69) is 13.8 Å². The summed E-state index contributed by atoms with van der Waals surface area (Å²) in [5, 5.41) is 10.5. The summed E-state index contributed by atoms with van der Waals surface area (Å²) in [6.07, 6.45) is 0. The first-order valence-corrected chi connectivity index (χ1v) is 10.0. The van der Waals surface area contributed by atoms with Crippen molar-refractivity contribution in [2.24, 2.45) is 0 Å². The molecule has 4 rings (SSSR count). The molecular weight excluding hydrogens is 372 g/mol. The number of hydrogen-bond donors (Lipinski definition) is 1. The molecule has 0 atom stereocenters. The van der Waals surface area contributed by atoms with E-state index < -0.39 is 0 Å². The number of aromatic hydroxyl groups is 1. The van der Waals surface area contributed by atoms with Gasteiger partial charge in [0.1, 0.15) is 5.75 Å². The quantitative estimate of drug-likeness (QED) is 0.481. The van der Waals surface area contributed by atoms with E-state index in [9.17, 15) is 9.90 Å². The maximum atomic E-state index is 13.8. The summed E-state index contributed by atoms with van der Waals surface area (Å²) in [5.74, 6) is 0.904. The van der Waals surface area contributed by atoms with Crippen LogP contribution in [0.3, 0.4) is 0 Å². The molecule has 0 spiro atoms. The van der Waals surface area contributed by atoms with Gasteiger partial charge in [-0.3, -0.25) is 9.36 Å². The Morgan fingerprint density at radius 2 is 1.50 bits per heavy atom. The van der Waals surface area contributed by atoms with Crippen molar-refractivity contribution in [2.45, 2.75) is 26.7 Å². The maximum Gasteiger partial charge on any atom is 0.266 e. The van der Waals surface area contributed by atoms with Crippen molar-refractivity contribution in [2.75, 3.05) is 0 Å². The van der Waals surface area contributed by atoms with Crippen molar-refractivity contribution in [3.63, 3.8) is 0 Å². The molecule has 1 aromatic heterocycles. The molecule has 0 saturated carbocycles. The molecule has 30 heavy (non-hydrogen) atoms. The van der Waals surface area contributed by atoms with Crippen LogP contribution < -0.4 is 5.56 Å². The Morgan fingerprint density at radius 1 is 0.867 bits per heavy atom. The zero-order valence-corrected chi connectivity index (χ0v) is 17.3. The highest BCUT2D eigenvalue weighted by Gasteiger charge is 2.20. The number of benzene rings is 3. The van der Waals surface area contributed by atoms with Crippen LogP contribution in [0.25, 0.3) is 28.2 Å². The van der Waals surface area contributed by atoms with Crippen molar-refractivity contribution >= 4 is 0 Å². The molecule has 4 nitrogen and oxygen atoms in total. The van der Waals surface area contributed by atoms with Crippen molar-refractivity contribution in [3.8, 4) is 34.0 Å². The number of hydrogen-bond acceptors (Lipinski definition) is 3. The fourth-order valence-electron chi connectivity index (χ4n) is 3.66. The topological polar surface area (TPSA) is 55.1 Å². The van der Waals surface area contributed by atoms with Gasteiger partial charge in [0.2, 0.25) is 0 Å². The molecule has 0 fully saturated rings. The van der Waals surface area contributed by atoms with Gasteiger partial charge in [0.25, 0.3) is 5.56 Å². The van der Waals surface area contributed by atoms with Crippen molar-refractivity contribution in [1.29, 1.82) is 0 Å². The minimum Gasteiger partial charge on any atom is -0.507 e. The molecule has 0 unspecified atom stereocenters. The third kappa shape index (κ3) is 3.52. The second-order valence-corrected chi connectivity index (χ2v) is 7.67. The van der Waals surface area contributed by atoms with Crippen molar-refractivity contribution in [3.05, 3.63) is 100 Å². The largest absolute Gasteiger partial charge is 0.507 e. The highest BCUT2D eigenvalue weighted by atomic mass is 16.3. The van der Waals surface area contributed by atoms with E-state index in [1.807, 2.05) is 67.6 Å². The molecule has 3 aromatic carbocycles. The zero-order valence-electron chi connectivity index (χ0n) is 17.3. The Labute approximate surface area is 176 Å². The van der Waals surface area contributed by atoms with Gasteiger partial charge in [-0.05, 0) is 48.2 Å². The van der Waals surface area contributed by atoms with Gasteiger partial charge in [0, 0.05) is 0 Å². The predicted molar refractivity (Wildman–Crippen MR) is 121 cm³/mol. The van der Waals surface area contributed by atoms with Gasteiger partial charge < -0.3 is 5.11 Å². The molecule has 1 heterocycles. The molecule has 4 aromatic rings. The number of phenols is 1. The molecule has 150 valence electrons. The highest BCUT2D eigenvalue weighted by molar-refractivity contribution is 5.71. The molecule has 0 amide bonds. The van der Waals surface area contributed by atoms with Crippen LogP contribution in [-0.4, -0.2) is 14.7 Å². The van der Waals surface area contributed by atoms with Crippen LogP contribution in [0.1, 0.15) is 31.0 Å². The average molecular weight is 396 g/mol. The first-order chi connectivity index (χ1) is 14.5. The van der Waals surface area contributed by atoms with E-state index in [0.717, 1.165) is 5.56 Å². The summed E-state index contributed by atoms with van der Waals surface area (Å²) in [4.78, 5) is 18.5. The second-order valence-electron chi connectivity index (χ2n) is 7.67. The third-order valence-electron chi connectivity index (χ3n) is 5.29. The van der Waals surface area contributed by atoms with E-state index in [-0.39, 0.29) is 11.3 Å². The number of aryl methyl sites for hydroxylation is 1. The summed E-state index contributed by atoms with van der Waals surface area (Å²) in [6, 6.07) is 24.5. The van der Waals surface area contributed by atoms with Gasteiger partial charge in [0.15, 0.2) is 5.82 Å². The van der Waals surface area contributed by atoms with Crippen molar-refractivity contribution in [1.82, 2.24) is 9.55 Å². The second kappa shape index (κ2) is 7.99. The number of rotatable bonds is 4. The lowest BCUT2D eigenvalue weighted by Crippen LogP contribution is -2.24. The van der Waals surface area contributed by atoms with Gasteiger partial charge in [-0.1, -0.05) is 68.4 Å². The molecule has 0 saturated heterocycles. The summed E-state index contributed by atoms with van der Waals surface area (Å²) in [5.41, 5.74) is 4.27. The smallest absolute Gasteiger partial charge is 0.266 e. The summed E-state index contributed by atoms with van der Waals surface area (Å²) < 4.78 is 1.59. The Morgan fingerprint density at radius 3 is 2.13 bits per heavy atom. The lowest BCUT2D eigenvalue weighted by molar-refractivity contribution is 0.476. The van der Waals surface area contributed by atoms with E-state index in [4.69, 9.17) is 4.98 Å². The Balaban J connectivity index is 2.04. The Kier molecular flexibility index (Phi) is 5.23. The maximum absolute atomic E-state index is 13.8. The van der Waals surface area contributed by atoms with Gasteiger partial charge in [0.05, 0.1) is 22.5 Å². The summed E-state index contributed by atoms with van der Waals surface area (Å²) in [6.45, 7) is 6.10. The minimum atomic E-state index is -0.163. The molecule has 0 aliphatic rings. The van der Waals surface area contributed by atoms with Crippen LogP contribution in [0.2, 0.25) is 0 Å². The molecule has 0 aliphatic heterocycles. The summed E-state index contributed by atoms with van der Waals surface area (Å²) in [7, 11) is 0. The molecular formula is C26H24N2O2. The standard InChI is InChI=1S/C26H24N2O2/c1-17(2)19-13-15-21(16-14-19)28-25(22-11-7-8-12-23(22)29)27-18(3)24(26(28)30)20-9-5-4-6-10-20/h4-17,29H,1-3H3. The Bertz CT molecular complexity index is 1240. The Hall–Kier alpha value is -3.66. The molecule has 0 bridgehead atoms. The van der Waals surface area contributed by atoms with E-state index in [0.29, 0.717) is 34.3 Å². The van der Waals surface area contributed by atoms with E-state index in [1.165, 1.54) is 5.56 Å². The lowest BCUT2D eigenvalue weighted by atomic mass is 10.0. The predicted octanol–water partition coefficient (Wildman–Crippen LogP) is 5.70. The number of aromatic nitrogens is 2. The summed E-state index contributed by atoms with van der Waals surface area (Å²) >= 11 is 0. The number of nitrogens with zero attached hydrogens (tertiary/aromatic N) is 2. The average Bonchev–Trinajstić information content (AvgIpc) is 2.74. The lowest BCUT2D eigenvalue weighted by Gasteiger charge is -2.17. The minimum absolute atomic E-state index is 0.0869. The fraction of sp³-hybridized carbons (Fsp3) is 0.154. The van der Waals surface area contributed by atoms with Crippen LogP contribution in [0.4, 0.5) is 0 Å². The fourth-order valence-corrected chi connectivity index (χ4v) is 3.66. The van der Waals surface area contributed by atoms with Gasteiger partial charge in [-0.25, -0.2) is 4.98 Å². The number of para-hydroxylation sites is 1. The molecule has 1 N–H and O–H groups in total. The van der Waals surface area contributed by atoms with E-state index >= 15 is 0 Å². The van der Waals surface area contributed by atoms with Crippen LogP contribution in [-0.2, 0) is 0 Å². The molecule has 0 radical (unpaired) electrons. The zero-order chi connectivity index (χ0) is 21.3. The van der Waals surface area contributed by atoms with Crippen LogP contribution in [0.15, 0.2) is 83.7 Å². The molecule has 0 aliphatic carbocycles. The van der Waals surface area contributed by atoms with Crippen LogP contribution in [0.5, 0.6) is 5.75 Å². The highest BCUT2D eigenvalue weighted by Crippen LogP contribution is 2.30. The van der Waals surface area contributed by atoms with Crippen LogP contribution >= 0.6 is 0 Å². The van der Waals surface area contributed by atoms with Crippen LogP contribution in [0, 0.1) is 6.92 Å². The SMILES string of the molecule is Cc1nc(-c2ccccc2O)n(-c2ccc(C(C)C)cc2)c(=O)c1-c1ccccc1. The van der Waals surface area contributed by atoms with E-state index in [1.54, 1.807) is 22.8 Å². The number of phenolic OH excluding ortho intramolecular Hbond substituents is 1. The van der Waals surface area contributed by atoms with Crippen molar-refractivity contribution < 1.29 is 5.11 Å². The third-order valence-corrected chi connectivity index (χ3v) is 5.29. The van der Waals surface area contributed by atoms with Gasteiger partial charge in [-0.2, -0.15) is 0 Å². The first-order valence-electron chi connectivity index (χ1n) is 10.0. The van der Waals surface area contributed by atoms with Gasteiger partial charge >= 0.3 is 0 Å². The monoisotopic (exact) mass is 396 g/mol. The van der Waals surface area contributed by atoms with Gasteiger partial charge in [-0.15, -0.1) is 0 Å². The first kappa shape index (κ1) is 19.6.